The Balaban J connectivity index is 2.05. The second-order valence-corrected chi connectivity index (χ2v) is 8.65. The van der Waals surface area contributed by atoms with E-state index in [0.717, 1.165) is 6.92 Å². The van der Waals surface area contributed by atoms with Crippen LogP contribution < -0.4 is 10.1 Å². The number of aromatic nitrogens is 1. The van der Waals surface area contributed by atoms with Gasteiger partial charge in [0, 0.05) is 17.6 Å². The Hall–Kier alpha value is -1.93. The minimum atomic E-state index is -2.52. The molecule has 0 bridgehead atoms. The molecule has 1 aromatic heterocycles. The molecular weight excluding hydrogens is 516 g/mol. The molecule has 0 radical (unpaired) electrons. The SMILES string of the molecule is CC(=O)NC1[C@H]([C@@H](O)[C@@H](O)CO)O[C@@](Oc2c[nH]c3ccc(Br)c(Cl)c23)(C(=O)O)C[C@@H]1O. The van der Waals surface area contributed by atoms with Gasteiger partial charge in [-0.2, -0.15) is 0 Å². The van der Waals surface area contributed by atoms with E-state index in [4.69, 9.17) is 21.1 Å². The normalized spacial score (nSPS) is 27.7. The third-order valence-electron chi connectivity index (χ3n) is 5.16. The summed E-state index contributed by atoms with van der Waals surface area (Å²) >= 11 is 9.61. The Morgan fingerprint density at radius 2 is 2.12 bits per heavy atom. The quantitative estimate of drug-likeness (QED) is 0.258. The summed E-state index contributed by atoms with van der Waals surface area (Å²) in [4.78, 5) is 26.8. The summed E-state index contributed by atoms with van der Waals surface area (Å²) in [6.45, 7) is 0.275. The molecule has 0 aliphatic carbocycles. The lowest BCUT2D eigenvalue weighted by Gasteiger charge is -2.46. The van der Waals surface area contributed by atoms with E-state index >= 15 is 0 Å². The number of carboxylic acid groups (broad SMARTS) is 1. The van der Waals surface area contributed by atoms with Crippen LogP contribution in [0.5, 0.6) is 5.75 Å². The lowest BCUT2D eigenvalue weighted by atomic mass is 9.88. The highest BCUT2D eigenvalue weighted by atomic mass is 79.9. The summed E-state index contributed by atoms with van der Waals surface area (Å²) < 4.78 is 11.9. The average molecular weight is 538 g/mol. The Morgan fingerprint density at radius 3 is 2.72 bits per heavy atom. The smallest absolute Gasteiger partial charge is 0.377 e. The number of aromatic amines is 1. The lowest BCUT2D eigenvalue weighted by Crippen LogP contribution is -2.68. The maximum Gasteiger partial charge on any atom is 0.377 e. The summed E-state index contributed by atoms with van der Waals surface area (Å²) in [6.07, 6.45) is -6.09. The molecule has 2 heterocycles. The number of carboxylic acids is 1. The number of H-pyrrole nitrogens is 1. The fourth-order valence-corrected chi connectivity index (χ4v) is 4.21. The van der Waals surface area contributed by atoms with Crippen molar-refractivity contribution in [3.8, 4) is 5.75 Å². The Kier molecular flexibility index (Phi) is 7.34. The van der Waals surface area contributed by atoms with Gasteiger partial charge in [0.1, 0.15) is 18.3 Å². The van der Waals surface area contributed by atoms with Crippen molar-refractivity contribution in [1.29, 1.82) is 0 Å². The van der Waals surface area contributed by atoms with E-state index < -0.39 is 61.1 Å². The lowest BCUT2D eigenvalue weighted by molar-refractivity contribution is -0.284. The summed E-state index contributed by atoms with van der Waals surface area (Å²) in [6, 6.07) is 2.07. The van der Waals surface area contributed by atoms with Crippen molar-refractivity contribution in [3.05, 3.63) is 27.8 Å². The third-order valence-corrected chi connectivity index (χ3v) is 6.44. The number of aliphatic hydroxyl groups excluding tert-OH is 4. The number of aliphatic hydroxyl groups is 4. The second-order valence-electron chi connectivity index (χ2n) is 7.42. The summed E-state index contributed by atoms with van der Waals surface area (Å²) in [5.41, 5.74) is 0.536. The van der Waals surface area contributed by atoms with Gasteiger partial charge in [0.15, 0.2) is 5.75 Å². The molecule has 0 spiro atoms. The van der Waals surface area contributed by atoms with E-state index in [9.17, 15) is 35.1 Å². The zero-order valence-corrected chi connectivity index (χ0v) is 19.0. The zero-order chi connectivity index (χ0) is 23.8. The van der Waals surface area contributed by atoms with Gasteiger partial charge in [-0.25, -0.2) is 4.79 Å². The number of nitrogens with one attached hydrogen (secondary N) is 2. The fourth-order valence-electron chi connectivity index (χ4n) is 3.62. The molecule has 7 N–H and O–H groups in total. The molecule has 13 heteroatoms. The zero-order valence-electron chi connectivity index (χ0n) is 16.7. The fraction of sp³-hybridized carbons (Fsp3) is 0.474. The van der Waals surface area contributed by atoms with Gasteiger partial charge in [0.2, 0.25) is 5.91 Å². The molecule has 6 atom stereocenters. The number of ether oxygens (including phenoxy) is 2. The van der Waals surface area contributed by atoms with Gasteiger partial charge in [-0.05, 0) is 28.1 Å². The summed E-state index contributed by atoms with van der Waals surface area (Å²) in [5, 5.41) is 53.2. The van der Waals surface area contributed by atoms with Crippen molar-refractivity contribution in [2.75, 3.05) is 6.61 Å². The van der Waals surface area contributed by atoms with Crippen LogP contribution in [0, 0.1) is 0 Å². The highest BCUT2D eigenvalue weighted by Gasteiger charge is 2.57. The van der Waals surface area contributed by atoms with E-state index in [2.05, 4.69) is 26.2 Å². The van der Waals surface area contributed by atoms with Crippen LogP contribution in [0.15, 0.2) is 22.8 Å². The van der Waals surface area contributed by atoms with Crippen molar-refractivity contribution in [2.45, 2.75) is 49.6 Å². The highest BCUT2D eigenvalue weighted by molar-refractivity contribution is 9.10. The standard InChI is InChI=1S/C19H22BrClN2O9/c1-7(25)23-15-10(26)4-19(18(29)30,32-17(15)16(28)11(27)6-24)31-12-5-22-9-3-2-8(20)14(21)13(9)12/h2-3,5,10-11,15-17,22,24,26-28H,4,6H2,1H3,(H,23,25)(H,29,30)/t10-,11-,15?,16-,17+,19+/m0/s1. The van der Waals surface area contributed by atoms with Crippen molar-refractivity contribution < 1.29 is 44.6 Å². The molecule has 1 aliphatic rings. The number of carbonyl (C=O) groups excluding carboxylic acids is 1. The van der Waals surface area contributed by atoms with Crippen LogP contribution in [0.3, 0.4) is 0 Å². The van der Waals surface area contributed by atoms with Gasteiger partial charge in [0.05, 0.1) is 41.1 Å². The molecule has 1 aromatic carbocycles. The van der Waals surface area contributed by atoms with Gasteiger partial charge in [-0.3, -0.25) is 4.79 Å². The molecule has 0 saturated carbocycles. The molecule has 1 unspecified atom stereocenters. The number of amides is 1. The molecule has 1 saturated heterocycles. The number of halogens is 2. The number of aliphatic carboxylic acids is 1. The predicted molar refractivity (Wildman–Crippen MR) is 114 cm³/mol. The number of rotatable bonds is 7. The molecule has 11 nitrogen and oxygen atoms in total. The summed E-state index contributed by atoms with van der Waals surface area (Å²) in [7, 11) is 0. The molecule has 1 amide bonds. The number of hydrogen-bond acceptors (Lipinski definition) is 8. The monoisotopic (exact) mass is 536 g/mol. The highest BCUT2D eigenvalue weighted by Crippen LogP contribution is 2.41. The van der Waals surface area contributed by atoms with Crippen LogP contribution in [0.25, 0.3) is 10.9 Å². The molecular formula is C19H22BrClN2O9. The van der Waals surface area contributed by atoms with E-state index in [0.29, 0.717) is 15.4 Å². The van der Waals surface area contributed by atoms with E-state index in [1.54, 1.807) is 12.1 Å². The van der Waals surface area contributed by atoms with Gasteiger partial charge >= 0.3 is 11.8 Å². The molecule has 1 fully saturated rings. The van der Waals surface area contributed by atoms with Crippen LogP contribution in [0.2, 0.25) is 5.02 Å². The van der Waals surface area contributed by atoms with Crippen LogP contribution in [0.1, 0.15) is 13.3 Å². The molecule has 2 aromatic rings. The minimum absolute atomic E-state index is 0.00479. The largest absolute Gasteiger partial charge is 0.476 e. The van der Waals surface area contributed by atoms with Gasteiger partial charge < -0.3 is 45.3 Å². The summed E-state index contributed by atoms with van der Waals surface area (Å²) in [5.74, 6) is -4.75. The van der Waals surface area contributed by atoms with Gasteiger partial charge in [0.25, 0.3) is 0 Å². The number of hydrogen-bond donors (Lipinski definition) is 7. The van der Waals surface area contributed by atoms with Crippen molar-refractivity contribution in [1.82, 2.24) is 10.3 Å². The maximum absolute atomic E-state index is 12.3. The third kappa shape index (κ3) is 4.57. The van der Waals surface area contributed by atoms with Crippen LogP contribution in [-0.2, 0) is 14.3 Å². The number of carbonyl (C=O) groups is 2. The average Bonchev–Trinajstić information content (AvgIpc) is 3.14. The van der Waals surface area contributed by atoms with Crippen LogP contribution in [0.4, 0.5) is 0 Å². The first kappa shape index (κ1) is 24.7. The first-order valence-corrected chi connectivity index (χ1v) is 10.6. The number of fused-ring (bicyclic) bond motifs is 1. The first-order chi connectivity index (χ1) is 15.0. The van der Waals surface area contributed by atoms with Crippen LogP contribution in [-0.4, -0.2) is 85.2 Å². The molecule has 32 heavy (non-hydrogen) atoms. The molecule has 176 valence electrons. The van der Waals surface area contributed by atoms with Crippen molar-refractivity contribution in [2.24, 2.45) is 0 Å². The van der Waals surface area contributed by atoms with E-state index in [1.807, 2.05) is 0 Å². The van der Waals surface area contributed by atoms with E-state index in [1.165, 1.54) is 6.20 Å². The molecule has 1 aliphatic heterocycles. The second kappa shape index (κ2) is 9.51. The molecule has 3 rings (SSSR count). The van der Waals surface area contributed by atoms with Crippen LogP contribution >= 0.6 is 27.5 Å². The van der Waals surface area contributed by atoms with Crippen molar-refractivity contribution in [3.63, 3.8) is 0 Å². The first-order valence-electron chi connectivity index (χ1n) is 9.48. The van der Waals surface area contributed by atoms with Gasteiger partial charge in [-0.15, -0.1) is 0 Å². The van der Waals surface area contributed by atoms with Crippen molar-refractivity contribution >= 4 is 50.3 Å². The predicted octanol–water partition coefficient (Wildman–Crippen LogP) is 0.112. The Labute approximate surface area is 195 Å². The van der Waals surface area contributed by atoms with E-state index in [-0.39, 0.29) is 10.8 Å². The topological polar surface area (TPSA) is 182 Å². The Morgan fingerprint density at radius 1 is 1.44 bits per heavy atom. The maximum atomic E-state index is 12.3. The van der Waals surface area contributed by atoms with Gasteiger partial charge in [-0.1, -0.05) is 11.6 Å². The number of benzene rings is 1. The minimum Gasteiger partial charge on any atom is -0.476 e. The Bertz CT molecular complexity index is 1020.